The predicted octanol–water partition coefficient (Wildman–Crippen LogP) is -1.43. The molecule has 328 valence electrons. The van der Waals surface area contributed by atoms with E-state index in [1.54, 1.807) is 58.0 Å². The number of benzene rings is 2. The van der Waals surface area contributed by atoms with Gasteiger partial charge in [0.2, 0.25) is 41.4 Å². The van der Waals surface area contributed by atoms with Crippen molar-refractivity contribution in [3.8, 4) is 5.75 Å². The maximum Gasteiger partial charge on any atom is 0.326 e. The van der Waals surface area contributed by atoms with Crippen LogP contribution in [0.1, 0.15) is 65.0 Å². The van der Waals surface area contributed by atoms with Crippen molar-refractivity contribution in [3.05, 3.63) is 65.7 Å². The molecule has 0 unspecified atom stereocenters. The summed E-state index contributed by atoms with van der Waals surface area (Å²) in [5, 5.41) is 43.1. The van der Waals surface area contributed by atoms with Crippen LogP contribution in [0, 0.1) is 11.8 Å². The lowest BCUT2D eigenvalue weighted by Crippen LogP contribution is -2.61. The van der Waals surface area contributed by atoms with E-state index in [9.17, 15) is 53.4 Å². The molecule has 8 atom stereocenters. The number of nitrogens with one attached hydrogen (secondary N) is 6. The van der Waals surface area contributed by atoms with Gasteiger partial charge < -0.3 is 58.7 Å². The minimum absolute atomic E-state index is 0.0652. The molecule has 0 radical (unpaired) electrons. The van der Waals surface area contributed by atoms with E-state index in [2.05, 4.69) is 31.9 Å². The van der Waals surface area contributed by atoms with Crippen molar-refractivity contribution in [2.24, 2.45) is 23.3 Å². The van der Waals surface area contributed by atoms with E-state index in [1.807, 2.05) is 0 Å². The number of aliphatic carboxylic acids is 2. The number of amides is 7. The molecule has 0 saturated heterocycles. The molecule has 0 aliphatic rings. The number of phenolic OH excluding ortho intramolecular Hbond substituents is 1. The van der Waals surface area contributed by atoms with E-state index in [-0.39, 0.29) is 18.6 Å². The zero-order valence-corrected chi connectivity index (χ0v) is 34.1. The van der Waals surface area contributed by atoms with E-state index in [1.165, 1.54) is 31.2 Å². The number of phenols is 1. The highest BCUT2D eigenvalue weighted by molar-refractivity contribution is 5.98. The molecule has 0 fully saturated rings. The van der Waals surface area contributed by atoms with Gasteiger partial charge >= 0.3 is 11.9 Å². The second-order valence-corrected chi connectivity index (χ2v) is 14.8. The van der Waals surface area contributed by atoms with Gasteiger partial charge in [0.15, 0.2) is 0 Å². The highest BCUT2D eigenvalue weighted by Gasteiger charge is 2.35. The third-order valence-electron chi connectivity index (χ3n) is 9.47. The van der Waals surface area contributed by atoms with Gasteiger partial charge in [-0.1, -0.05) is 76.6 Å². The molecule has 0 aliphatic carbocycles. The molecule has 0 aromatic heterocycles. The molecule has 60 heavy (non-hydrogen) atoms. The molecule has 13 N–H and O–H groups in total. The Balaban J connectivity index is 2.37. The van der Waals surface area contributed by atoms with Gasteiger partial charge in [-0.3, -0.25) is 38.4 Å². The van der Waals surface area contributed by atoms with Crippen LogP contribution in [0.4, 0.5) is 0 Å². The summed E-state index contributed by atoms with van der Waals surface area (Å²) in [4.78, 5) is 116. The standard InChI is InChI=1S/C40H56N8O12/c1-6-21(4)33(40(59)60)48-34(53)22(5)43-36(55)29(19-30(42)50)45-37(56)27(16-23-10-8-7-9-11-23)46-39(58)32(20(2)3)47-38(57)28(17-24-12-14-25(49)15-13-24)44-35(54)26(41)18-31(51)52/h7-15,20-22,26-29,32-33,49H,6,16-19,41H2,1-5H3,(H2,42,50)(H,43,55)(H,44,54)(H,45,56)(H,46,58)(H,47,57)(H,48,53)(H,51,52)(H,59,60)/t21-,22-,26-,27-,28-,29-,32-,33-/m0/s1. The van der Waals surface area contributed by atoms with E-state index in [0.717, 1.165) is 0 Å². The van der Waals surface area contributed by atoms with Crippen LogP contribution in [0.3, 0.4) is 0 Å². The van der Waals surface area contributed by atoms with Crippen molar-refractivity contribution in [2.75, 3.05) is 0 Å². The van der Waals surface area contributed by atoms with E-state index in [4.69, 9.17) is 16.6 Å². The van der Waals surface area contributed by atoms with E-state index < -0.39 is 120 Å². The Morgan fingerprint density at radius 1 is 0.583 bits per heavy atom. The zero-order chi connectivity index (χ0) is 45.3. The number of carboxylic acid groups (broad SMARTS) is 2. The highest BCUT2D eigenvalue weighted by atomic mass is 16.4. The number of hydrogen-bond acceptors (Lipinski definition) is 11. The van der Waals surface area contributed by atoms with Gasteiger partial charge in [0.1, 0.15) is 42.0 Å². The van der Waals surface area contributed by atoms with Crippen LogP contribution < -0.4 is 43.4 Å². The van der Waals surface area contributed by atoms with Gasteiger partial charge in [0.25, 0.3) is 0 Å². The number of nitrogens with two attached hydrogens (primary N) is 2. The Hall–Kier alpha value is -6.57. The van der Waals surface area contributed by atoms with Gasteiger partial charge in [0, 0.05) is 12.8 Å². The average Bonchev–Trinajstić information content (AvgIpc) is 3.17. The molecule has 20 nitrogen and oxygen atoms in total. The molecule has 20 heteroatoms. The maximum atomic E-state index is 14.0. The number of primary amides is 1. The van der Waals surface area contributed by atoms with Crippen molar-refractivity contribution in [1.82, 2.24) is 31.9 Å². The summed E-state index contributed by atoms with van der Waals surface area (Å²) in [6, 6.07) is 4.19. The second-order valence-electron chi connectivity index (χ2n) is 14.8. The van der Waals surface area contributed by atoms with Crippen LogP contribution >= 0.6 is 0 Å². The number of carbonyl (C=O) groups excluding carboxylic acids is 7. The Bertz CT molecular complexity index is 1840. The van der Waals surface area contributed by atoms with E-state index in [0.29, 0.717) is 17.5 Å². The first-order valence-corrected chi connectivity index (χ1v) is 19.3. The van der Waals surface area contributed by atoms with Gasteiger partial charge in [-0.25, -0.2) is 4.79 Å². The molecule has 2 aromatic rings. The fraction of sp³-hybridized carbons (Fsp3) is 0.475. The lowest BCUT2D eigenvalue weighted by molar-refractivity contribution is -0.144. The number of hydrogen-bond donors (Lipinski definition) is 11. The second kappa shape index (κ2) is 23.7. The Kier molecular flexibility index (Phi) is 19.6. The zero-order valence-electron chi connectivity index (χ0n) is 34.1. The number of carboxylic acids is 2. The summed E-state index contributed by atoms with van der Waals surface area (Å²) in [6.45, 7) is 7.83. The van der Waals surface area contributed by atoms with E-state index >= 15 is 0 Å². The topological polar surface area (TPSA) is 339 Å². The molecule has 0 aliphatic heterocycles. The first-order valence-electron chi connectivity index (χ1n) is 19.3. The SMILES string of the molecule is CC[C@H](C)[C@H](NC(=O)[C@H](C)NC(=O)[C@H](CC(N)=O)NC(=O)[C@H](Cc1ccccc1)NC(=O)[C@@H](NC(=O)[C@H](Cc1ccc(O)cc1)NC(=O)[C@@H](N)CC(=O)O)C(C)C)C(=O)O. The van der Waals surface area contributed by atoms with Crippen molar-refractivity contribution in [3.63, 3.8) is 0 Å². The number of rotatable bonds is 24. The quantitative estimate of drug-likeness (QED) is 0.0579. The predicted molar refractivity (Wildman–Crippen MR) is 215 cm³/mol. The molecule has 0 spiro atoms. The minimum atomic E-state index is -1.65. The molecular formula is C40H56N8O12. The summed E-state index contributed by atoms with van der Waals surface area (Å²) in [6.07, 6.45) is -1.33. The third kappa shape index (κ3) is 16.4. The monoisotopic (exact) mass is 840 g/mol. The van der Waals surface area contributed by atoms with Crippen LogP contribution in [-0.2, 0) is 56.0 Å². The lowest BCUT2D eigenvalue weighted by atomic mass is 9.99. The average molecular weight is 841 g/mol. The van der Waals surface area contributed by atoms with Crippen LogP contribution in [0.5, 0.6) is 5.75 Å². The van der Waals surface area contributed by atoms with Crippen molar-refractivity contribution < 1.29 is 58.5 Å². The summed E-state index contributed by atoms with van der Waals surface area (Å²) >= 11 is 0. The Morgan fingerprint density at radius 3 is 1.57 bits per heavy atom. The van der Waals surface area contributed by atoms with Crippen molar-refractivity contribution >= 4 is 53.3 Å². The molecule has 0 heterocycles. The number of aromatic hydroxyl groups is 1. The van der Waals surface area contributed by atoms with Gasteiger partial charge in [-0.15, -0.1) is 0 Å². The van der Waals surface area contributed by atoms with Gasteiger partial charge in [-0.05, 0) is 42.0 Å². The highest BCUT2D eigenvalue weighted by Crippen LogP contribution is 2.14. The van der Waals surface area contributed by atoms with Crippen LogP contribution in [0.15, 0.2) is 54.6 Å². The molecule has 2 rings (SSSR count). The normalized spacial score (nSPS) is 15.0. The molecule has 7 amide bonds. The summed E-state index contributed by atoms with van der Waals surface area (Å²) in [5.74, 6) is -10.3. The smallest absolute Gasteiger partial charge is 0.326 e. The summed E-state index contributed by atoms with van der Waals surface area (Å²) in [5.41, 5.74) is 12.2. The largest absolute Gasteiger partial charge is 0.508 e. The Morgan fingerprint density at radius 2 is 1.07 bits per heavy atom. The fourth-order valence-electron chi connectivity index (χ4n) is 5.77. The Labute approximate surface area is 347 Å². The maximum absolute atomic E-state index is 14.0. The first kappa shape index (κ1) is 49.6. The first-order chi connectivity index (χ1) is 28.1. The lowest BCUT2D eigenvalue weighted by Gasteiger charge is -2.28. The molecule has 2 aromatic carbocycles. The van der Waals surface area contributed by atoms with Crippen molar-refractivity contribution in [2.45, 2.75) is 109 Å². The third-order valence-corrected chi connectivity index (χ3v) is 9.47. The van der Waals surface area contributed by atoms with Gasteiger partial charge in [-0.2, -0.15) is 0 Å². The van der Waals surface area contributed by atoms with Crippen LogP contribution in [0.25, 0.3) is 0 Å². The fourth-order valence-corrected chi connectivity index (χ4v) is 5.77. The van der Waals surface area contributed by atoms with Crippen LogP contribution in [-0.4, -0.2) is 111 Å². The minimum Gasteiger partial charge on any atom is -0.508 e. The van der Waals surface area contributed by atoms with Crippen LogP contribution in [0.2, 0.25) is 0 Å². The number of carbonyl (C=O) groups is 9. The molecule has 0 saturated carbocycles. The summed E-state index contributed by atoms with van der Waals surface area (Å²) in [7, 11) is 0. The molecular weight excluding hydrogens is 784 g/mol. The van der Waals surface area contributed by atoms with Gasteiger partial charge in [0.05, 0.1) is 18.9 Å². The molecule has 0 bridgehead atoms. The summed E-state index contributed by atoms with van der Waals surface area (Å²) < 4.78 is 0. The van der Waals surface area contributed by atoms with Crippen molar-refractivity contribution in [1.29, 1.82) is 0 Å².